The minimum absolute atomic E-state index is 0.0173. The van der Waals surface area contributed by atoms with Crippen molar-refractivity contribution in [1.29, 1.82) is 0 Å². The number of carbonyl (C=O) groups is 3. The van der Waals surface area contributed by atoms with Crippen molar-refractivity contribution in [2.45, 2.75) is 59.2 Å². The average molecular weight is 432 g/mol. The first kappa shape index (κ1) is 20.9. The number of imide groups is 1. The molecule has 1 aromatic carbocycles. The predicted octanol–water partition coefficient (Wildman–Crippen LogP) is 3.83. The fraction of sp³-hybridized carbons (Fsp3) is 0.462. The number of nitrogens with zero attached hydrogens (tertiary/aromatic N) is 3. The Balaban J connectivity index is 1.74. The number of likely N-dealkylation sites (tertiary alicyclic amines) is 1. The van der Waals surface area contributed by atoms with Gasteiger partial charge in [0.1, 0.15) is 6.04 Å². The van der Waals surface area contributed by atoms with Gasteiger partial charge in [-0.3, -0.25) is 24.3 Å². The van der Waals surface area contributed by atoms with E-state index in [2.05, 4.69) is 4.98 Å². The molecule has 5 rings (SSSR count). The monoisotopic (exact) mass is 431 g/mol. The summed E-state index contributed by atoms with van der Waals surface area (Å²) in [6.45, 7) is 9.52. The second kappa shape index (κ2) is 6.99. The Morgan fingerprint density at radius 1 is 1.12 bits per heavy atom. The minimum atomic E-state index is -0.702. The van der Waals surface area contributed by atoms with Gasteiger partial charge in [0.2, 0.25) is 11.8 Å². The largest absolute Gasteiger partial charge is 0.351 e. The maximum absolute atomic E-state index is 13.8. The lowest BCUT2D eigenvalue weighted by Crippen LogP contribution is -2.52. The molecule has 32 heavy (non-hydrogen) atoms. The lowest BCUT2D eigenvalue weighted by atomic mass is 9.79. The van der Waals surface area contributed by atoms with Gasteiger partial charge in [0, 0.05) is 23.0 Å². The van der Waals surface area contributed by atoms with E-state index in [4.69, 9.17) is 0 Å². The number of ketones is 1. The van der Waals surface area contributed by atoms with Crippen LogP contribution in [0.2, 0.25) is 0 Å². The number of fused-ring (bicyclic) bond motifs is 7. The molecule has 166 valence electrons. The van der Waals surface area contributed by atoms with Gasteiger partial charge in [-0.05, 0) is 25.0 Å². The van der Waals surface area contributed by atoms with Crippen molar-refractivity contribution in [1.82, 2.24) is 9.88 Å². The summed E-state index contributed by atoms with van der Waals surface area (Å²) in [5.74, 6) is -1.63. The van der Waals surface area contributed by atoms with E-state index in [1.165, 1.54) is 4.90 Å². The maximum Gasteiger partial charge on any atom is 0.235 e. The van der Waals surface area contributed by atoms with Gasteiger partial charge >= 0.3 is 0 Å². The molecule has 0 saturated carbocycles. The third-order valence-corrected chi connectivity index (χ3v) is 7.31. The number of hydrogen-bond donors (Lipinski definition) is 0. The van der Waals surface area contributed by atoms with E-state index in [-0.39, 0.29) is 29.7 Å². The van der Waals surface area contributed by atoms with Gasteiger partial charge < -0.3 is 4.90 Å². The van der Waals surface area contributed by atoms with Crippen LogP contribution in [0.25, 0.3) is 17.0 Å². The van der Waals surface area contributed by atoms with Gasteiger partial charge in [0.05, 0.1) is 29.1 Å². The minimum Gasteiger partial charge on any atom is -0.351 e. The van der Waals surface area contributed by atoms with Crippen LogP contribution < -0.4 is 4.90 Å². The van der Waals surface area contributed by atoms with E-state index in [9.17, 15) is 14.4 Å². The van der Waals surface area contributed by atoms with E-state index in [0.29, 0.717) is 6.42 Å². The van der Waals surface area contributed by atoms with Crippen molar-refractivity contribution in [2.75, 3.05) is 4.90 Å². The number of anilines is 1. The fourth-order valence-electron chi connectivity index (χ4n) is 5.56. The molecule has 2 saturated heterocycles. The second-order valence-corrected chi connectivity index (χ2v) is 10.2. The van der Waals surface area contributed by atoms with Crippen LogP contribution in [0.1, 0.15) is 46.6 Å². The SMILES string of the molecule is CC[C@H](C)N1C(=O)[C@@H]2[C@H](C1=O)[C@@H]1C=Cc3ccc4cccnc4c3N1[C@@H]2C(=O)C(C)(C)C. The smallest absolute Gasteiger partial charge is 0.235 e. The van der Waals surface area contributed by atoms with Gasteiger partial charge in [-0.1, -0.05) is 58.0 Å². The summed E-state index contributed by atoms with van der Waals surface area (Å²) in [5.41, 5.74) is 1.95. The first-order chi connectivity index (χ1) is 15.2. The van der Waals surface area contributed by atoms with Crippen molar-refractivity contribution >= 4 is 40.3 Å². The standard InChI is InChI=1S/C26H29N3O3/c1-6-14(2)28-24(31)18-17-12-11-16-10-9-15-8-7-13-27-20(15)21(16)29(17)22(19(18)25(28)32)23(30)26(3,4)5/h7-14,17-19,22H,6H2,1-5H3/t14-,17-,18+,19+,22-/m0/s1. The van der Waals surface area contributed by atoms with Crippen molar-refractivity contribution in [3.8, 4) is 0 Å². The molecule has 2 amide bonds. The molecule has 0 spiro atoms. The summed E-state index contributed by atoms with van der Waals surface area (Å²) in [6.07, 6.45) is 6.44. The van der Waals surface area contributed by atoms with Crippen LogP contribution in [-0.4, -0.2) is 45.6 Å². The summed E-state index contributed by atoms with van der Waals surface area (Å²) in [5, 5.41) is 0.971. The summed E-state index contributed by atoms with van der Waals surface area (Å²) >= 11 is 0. The lowest BCUT2D eigenvalue weighted by Gasteiger charge is -2.39. The zero-order valence-electron chi connectivity index (χ0n) is 19.2. The molecular weight excluding hydrogens is 402 g/mol. The van der Waals surface area contributed by atoms with Crippen molar-refractivity contribution in [2.24, 2.45) is 17.3 Å². The summed E-state index contributed by atoms with van der Waals surface area (Å²) in [6, 6.07) is 6.70. The van der Waals surface area contributed by atoms with E-state index in [0.717, 1.165) is 22.2 Å². The first-order valence-electron chi connectivity index (χ1n) is 11.4. The van der Waals surface area contributed by atoms with Gasteiger partial charge in [-0.25, -0.2) is 0 Å². The van der Waals surface area contributed by atoms with E-state index >= 15 is 0 Å². The van der Waals surface area contributed by atoms with Gasteiger partial charge in [0.15, 0.2) is 5.78 Å². The number of amides is 2. The number of Topliss-reactive ketones (excluding diaryl/α,β-unsaturated/α-hetero) is 1. The Morgan fingerprint density at radius 2 is 1.84 bits per heavy atom. The Hall–Kier alpha value is -3.02. The van der Waals surface area contributed by atoms with E-state index in [1.807, 2.05) is 75.9 Å². The normalized spacial score (nSPS) is 27.5. The molecule has 2 aromatic rings. The summed E-state index contributed by atoms with van der Waals surface area (Å²) in [7, 11) is 0. The number of benzene rings is 1. The Morgan fingerprint density at radius 3 is 2.53 bits per heavy atom. The quantitative estimate of drug-likeness (QED) is 0.691. The highest BCUT2D eigenvalue weighted by molar-refractivity contribution is 6.13. The van der Waals surface area contributed by atoms with Crippen molar-refractivity contribution < 1.29 is 14.4 Å². The predicted molar refractivity (Wildman–Crippen MR) is 124 cm³/mol. The molecule has 0 unspecified atom stereocenters. The molecule has 5 atom stereocenters. The first-order valence-corrected chi connectivity index (χ1v) is 11.4. The number of carbonyl (C=O) groups excluding carboxylic acids is 3. The molecule has 0 aliphatic carbocycles. The molecule has 2 fully saturated rings. The van der Waals surface area contributed by atoms with Crippen molar-refractivity contribution in [3.63, 3.8) is 0 Å². The fourth-order valence-corrected chi connectivity index (χ4v) is 5.56. The third-order valence-electron chi connectivity index (χ3n) is 7.31. The molecule has 6 heteroatoms. The van der Waals surface area contributed by atoms with Crippen LogP contribution in [0.4, 0.5) is 5.69 Å². The number of rotatable bonds is 3. The van der Waals surface area contributed by atoms with Crippen LogP contribution in [0.3, 0.4) is 0 Å². The van der Waals surface area contributed by atoms with E-state index in [1.54, 1.807) is 6.20 Å². The van der Waals surface area contributed by atoms with Crippen LogP contribution >= 0.6 is 0 Å². The molecule has 4 heterocycles. The Labute approximate surface area is 188 Å². The highest BCUT2D eigenvalue weighted by atomic mass is 16.2. The van der Waals surface area contributed by atoms with Crippen LogP contribution in [0.15, 0.2) is 36.5 Å². The molecule has 0 radical (unpaired) electrons. The van der Waals surface area contributed by atoms with Crippen LogP contribution in [0, 0.1) is 17.3 Å². The molecule has 0 N–H and O–H groups in total. The number of hydrogen-bond acceptors (Lipinski definition) is 5. The zero-order valence-corrected chi connectivity index (χ0v) is 19.2. The van der Waals surface area contributed by atoms with Crippen LogP contribution in [0.5, 0.6) is 0 Å². The van der Waals surface area contributed by atoms with E-state index < -0.39 is 23.3 Å². The highest BCUT2D eigenvalue weighted by Gasteiger charge is 2.65. The molecule has 0 bridgehead atoms. The molecular formula is C26H29N3O3. The number of pyridine rings is 1. The van der Waals surface area contributed by atoms with Gasteiger partial charge in [0.25, 0.3) is 0 Å². The molecule has 6 nitrogen and oxygen atoms in total. The third kappa shape index (κ3) is 2.71. The average Bonchev–Trinajstić information content (AvgIpc) is 3.24. The summed E-state index contributed by atoms with van der Waals surface area (Å²) < 4.78 is 0. The lowest BCUT2D eigenvalue weighted by molar-refractivity contribution is -0.144. The number of aromatic nitrogens is 1. The Kier molecular flexibility index (Phi) is 4.56. The van der Waals surface area contributed by atoms with Gasteiger partial charge in [-0.2, -0.15) is 0 Å². The van der Waals surface area contributed by atoms with Gasteiger partial charge in [-0.15, -0.1) is 0 Å². The topological polar surface area (TPSA) is 70.6 Å². The Bertz CT molecular complexity index is 1180. The molecule has 3 aliphatic rings. The maximum atomic E-state index is 13.8. The second-order valence-electron chi connectivity index (χ2n) is 10.2. The zero-order chi connectivity index (χ0) is 22.9. The molecule has 1 aromatic heterocycles. The highest BCUT2D eigenvalue weighted by Crippen LogP contribution is 2.51. The molecule has 3 aliphatic heterocycles. The summed E-state index contributed by atoms with van der Waals surface area (Å²) in [4.78, 5) is 49.1. The van der Waals surface area contributed by atoms with Crippen molar-refractivity contribution in [3.05, 3.63) is 42.1 Å². The van der Waals surface area contributed by atoms with Crippen LogP contribution in [-0.2, 0) is 14.4 Å².